The average molecular weight is 469 g/mol. The molecule has 0 atom stereocenters. The van der Waals surface area contributed by atoms with E-state index in [1.807, 2.05) is 17.5 Å². The summed E-state index contributed by atoms with van der Waals surface area (Å²) in [6.07, 6.45) is 0.230. The van der Waals surface area contributed by atoms with Crippen LogP contribution in [0.5, 0.6) is 11.5 Å². The molecule has 3 rings (SSSR count). The minimum Gasteiger partial charge on any atom is -0.486 e. The monoisotopic (exact) mass is 468 g/mol. The molecule has 0 bridgehead atoms. The first kappa shape index (κ1) is 23.0. The Labute approximate surface area is 185 Å². The summed E-state index contributed by atoms with van der Waals surface area (Å²) in [5, 5.41) is 1.93. The quantitative estimate of drug-likeness (QED) is 0.418. The number of thiophene rings is 1. The minimum absolute atomic E-state index is 0.00836. The van der Waals surface area contributed by atoms with E-state index < -0.39 is 16.0 Å². The number of nitrogens with zero attached hydrogens (tertiary/aromatic N) is 1. The smallest absolute Gasteiger partial charge is 0.306 e. The number of carbonyl (C=O) groups is 2. The van der Waals surface area contributed by atoms with Crippen LogP contribution < -0.4 is 14.2 Å². The van der Waals surface area contributed by atoms with Crippen LogP contribution in [0.4, 0.5) is 0 Å². The van der Waals surface area contributed by atoms with Crippen molar-refractivity contribution in [3.8, 4) is 11.5 Å². The summed E-state index contributed by atoms with van der Waals surface area (Å²) in [7, 11) is -2.11. The Kier molecular flexibility index (Phi) is 7.88. The van der Waals surface area contributed by atoms with E-state index in [1.54, 1.807) is 24.5 Å². The van der Waals surface area contributed by atoms with Crippen LogP contribution in [0.2, 0.25) is 0 Å². The van der Waals surface area contributed by atoms with Crippen LogP contribution in [0.3, 0.4) is 0 Å². The highest BCUT2D eigenvalue weighted by Gasteiger charge is 2.19. The van der Waals surface area contributed by atoms with E-state index in [0.717, 1.165) is 4.88 Å². The van der Waals surface area contributed by atoms with Crippen LogP contribution in [0.1, 0.15) is 17.7 Å². The number of fused-ring (bicyclic) bond motifs is 1. The third-order valence-electron chi connectivity index (χ3n) is 4.43. The molecule has 0 spiro atoms. The van der Waals surface area contributed by atoms with E-state index in [2.05, 4.69) is 4.72 Å². The molecule has 1 aromatic heterocycles. The molecule has 9 nitrogen and oxygen atoms in total. The van der Waals surface area contributed by atoms with Gasteiger partial charge in [-0.25, -0.2) is 13.1 Å². The zero-order valence-electron chi connectivity index (χ0n) is 17.0. The number of benzene rings is 1. The van der Waals surface area contributed by atoms with E-state index in [0.29, 0.717) is 31.3 Å². The molecule has 0 fully saturated rings. The number of likely N-dealkylation sites (N-methyl/N-ethyl adjacent to an activating group) is 1. The number of nitrogens with one attached hydrogen (secondary N) is 1. The van der Waals surface area contributed by atoms with Crippen LogP contribution in [0.15, 0.2) is 40.6 Å². The van der Waals surface area contributed by atoms with Crippen LogP contribution in [0.25, 0.3) is 0 Å². The lowest BCUT2D eigenvalue weighted by atomic mass is 10.3. The van der Waals surface area contributed by atoms with Gasteiger partial charge in [-0.15, -0.1) is 11.3 Å². The van der Waals surface area contributed by atoms with Gasteiger partial charge in [-0.05, 0) is 30.0 Å². The van der Waals surface area contributed by atoms with E-state index in [4.69, 9.17) is 14.2 Å². The maximum absolute atomic E-state index is 12.4. The van der Waals surface area contributed by atoms with Crippen molar-refractivity contribution in [3.05, 3.63) is 40.6 Å². The van der Waals surface area contributed by atoms with Gasteiger partial charge in [0.2, 0.25) is 10.0 Å². The fourth-order valence-corrected chi connectivity index (χ4v) is 4.61. The van der Waals surface area contributed by atoms with Crippen LogP contribution in [-0.2, 0) is 30.9 Å². The van der Waals surface area contributed by atoms with Gasteiger partial charge in [0.15, 0.2) is 18.1 Å². The number of hydrogen-bond donors (Lipinski definition) is 1. The molecule has 0 aliphatic carbocycles. The fraction of sp³-hybridized carbons (Fsp3) is 0.400. The Morgan fingerprint density at radius 2 is 1.97 bits per heavy atom. The topological polar surface area (TPSA) is 111 Å². The van der Waals surface area contributed by atoms with Gasteiger partial charge in [0.05, 0.1) is 11.4 Å². The second kappa shape index (κ2) is 10.6. The predicted octanol–water partition coefficient (Wildman–Crippen LogP) is 1.78. The number of ether oxygens (including phenoxy) is 3. The summed E-state index contributed by atoms with van der Waals surface area (Å²) in [4.78, 5) is 26.5. The summed E-state index contributed by atoms with van der Waals surface area (Å²) >= 11 is 1.54. The van der Waals surface area contributed by atoms with Crippen molar-refractivity contribution in [2.75, 3.05) is 33.4 Å². The number of sulfonamides is 1. The molecule has 0 saturated heterocycles. The third-order valence-corrected chi connectivity index (χ3v) is 6.75. The van der Waals surface area contributed by atoms with Crippen molar-refractivity contribution in [1.82, 2.24) is 9.62 Å². The zero-order chi connectivity index (χ0) is 22.3. The Morgan fingerprint density at radius 1 is 1.19 bits per heavy atom. The molecule has 1 amide bonds. The summed E-state index contributed by atoms with van der Waals surface area (Å²) in [5.74, 6) is 0.0207. The Morgan fingerprint density at radius 3 is 2.71 bits per heavy atom. The van der Waals surface area contributed by atoms with Gasteiger partial charge in [-0.3, -0.25) is 9.59 Å². The molecule has 0 saturated carbocycles. The van der Waals surface area contributed by atoms with Crippen molar-refractivity contribution >= 4 is 33.2 Å². The lowest BCUT2D eigenvalue weighted by Crippen LogP contribution is -2.30. The summed E-state index contributed by atoms with van der Waals surface area (Å²) in [6.45, 7) is 0.944. The van der Waals surface area contributed by atoms with E-state index in [9.17, 15) is 18.0 Å². The second-order valence-corrected chi connectivity index (χ2v) is 9.60. The average Bonchev–Trinajstić information content (AvgIpc) is 3.27. The molecule has 1 aliphatic rings. The largest absolute Gasteiger partial charge is 0.486 e. The normalized spacial score (nSPS) is 12.9. The van der Waals surface area contributed by atoms with Crippen molar-refractivity contribution < 1.29 is 32.2 Å². The van der Waals surface area contributed by atoms with Crippen molar-refractivity contribution in [2.24, 2.45) is 0 Å². The van der Waals surface area contributed by atoms with Crippen molar-refractivity contribution in [2.45, 2.75) is 24.3 Å². The number of rotatable bonds is 10. The van der Waals surface area contributed by atoms with Gasteiger partial charge in [-0.2, -0.15) is 0 Å². The Balaban J connectivity index is 1.37. The maximum atomic E-state index is 12.4. The molecule has 0 unspecified atom stereocenters. The molecule has 1 aromatic carbocycles. The minimum atomic E-state index is -3.75. The molecule has 1 N–H and O–H groups in total. The zero-order valence-corrected chi connectivity index (χ0v) is 18.7. The first-order valence-corrected chi connectivity index (χ1v) is 12.0. The van der Waals surface area contributed by atoms with E-state index in [1.165, 1.54) is 17.0 Å². The molecule has 168 valence electrons. The molecule has 2 aromatic rings. The van der Waals surface area contributed by atoms with E-state index >= 15 is 0 Å². The van der Waals surface area contributed by atoms with Crippen molar-refractivity contribution in [3.63, 3.8) is 0 Å². The number of amides is 1. The highest BCUT2D eigenvalue weighted by atomic mass is 32.2. The van der Waals surface area contributed by atoms with Gasteiger partial charge in [0, 0.05) is 31.0 Å². The fourth-order valence-electron chi connectivity index (χ4n) is 2.76. The lowest BCUT2D eigenvalue weighted by molar-refractivity contribution is -0.151. The number of esters is 1. The van der Waals surface area contributed by atoms with E-state index in [-0.39, 0.29) is 36.8 Å². The second-order valence-electron chi connectivity index (χ2n) is 6.80. The SMILES string of the molecule is CN(Cc1cccs1)C(=O)COC(=O)CCCNS(=O)(=O)c1ccc2c(c1)OCCO2. The number of carbonyl (C=O) groups excluding carboxylic acids is 2. The van der Waals surface area contributed by atoms with Gasteiger partial charge in [0.1, 0.15) is 13.2 Å². The highest BCUT2D eigenvalue weighted by molar-refractivity contribution is 7.89. The predicted molar refractivity (Wildman–Crippen MR) is 114 cm³/mol. The van der Waals surface area contributed by atoms with Gasteiger partial charge in [-0.1, -0.05) is 6.07 Å². The molecule has 0 radical (unpaired) electrons. The first-order valence-electron chi connectivity index (χ1n) is 9.66. The van der Waals surface area contributed by atoms with Gasteiger partial charge >= 0.3 is 5.97 Å². The molecule has 11 heteroatoms. The molecular formula is C20H24N2O7S2. The maximum Gasteiger partial charge on any atom is 0.306 e. The van der Waals surface area contributed by atoms with Crippen molar-refractivity contribution in [1.29, 1.82) is 0 Å². The summed E-state index contributed by atoms with van der Waals surface area (Å²) in [5.41, 5.74) is 0. The molecular weight excluding hydrogens is 444 g/mol. The van der Waals surface area contributed by atoms with Crippen LogP contribution in [0, 0.1) is 0 Å². The highest BCUT2D eigenvalue weighted by Crippen LogP contribution is 2.32. The Bertz CT molecular complexity index is 1010. The number of hydrogen-bond acceptors (Lipinski definition) is 8. The lowest BCUT2D eigenvalue weighted by Gasteiger charge is -2.18. The summed E-state index contributed by atoms with van der Waals surface area (Å²) < 4.78 is 43.0. The molecule has 1 aliphatic heterocycles. The van der Waals surface area contributed by atoms with Gasteiger partial charge in [0.25, 0.3) is 5.91 Å². The van der Waals surface area contributed by atoms with Gasteiger partial charge < -0.3 is 19.1 Å². The Hall–Kier alpha value is -2.63. The first-order chi connectivity index (χ1) is 14.8. The van der Waals surface area contributed by atoms with Crippen LogP contribution >= 0.6 is 11.3 Å². The molecule has 2 heterocycles. The van der Waals surface area contributed by atoms with Crippen LogP contribution in [-0.4, -0.2) is 58.6 Å². The standard InChI is InChI=1S/C20H24N2O7S2/c1-22(13-15-4-3-11-30-15)19(23)14-29-20(24)5-2-8-21-31(25,26)16-6-7-17-18(12-16)28-10-9-27-17/h3-4,6-7,11-12,21H,2,5,8-10,13-14H2,1H3. The third kappa shape index (κ3) is 6.68. The summed E-state index contributed by atoms with van der Waals surface area (Å²) in [6, 6.07) is 8.21. The molecule has 31 heavy (non-hydrogen) atoms.